The number of amides is 1. The number of nitrogens with one attached hydrogen (secondary N) is 2. The van der Waals surface area contributed by atoms with Crippen LogP contribution in [0.4, 0.5) is 14.6 Å². The molecule has 0 fully saturated rings. The predicted molar refractivity (Wildman–Crippen MR) is 121 cm³/mol. The summed E-state index contributed by atoms with van der Waals surface area (Å²) in [4.78, 5) is 28.6. The minimum Gasteiger partial charge on any atom is -0.353 e. The number of fused-ring (bicyclic) bond motifs is 1. The van der Waals surface area contributed by atoms with Crippen molar-refractivity contribution >= 4 is 22.8 Å². The Labute approximate surface area is 187 Å². The van der Waals surface area contributed by atoms with Gasteiger partial charge >= 0.3 is 0 Å². The van der Waals surface area contributed by atoms with Crippen molar-refractivity contribution < 1.29 is 13.6 Å². The van der Waals surface area contributed by atoms with E-state index in [1.807, 2.05) is 18.2 Å². The van der Waals surface area contributed by atoms with Crippen LogP contribution in [0.25, 0.3) is 33.5 Å². The maximum atomic E-state index is 13.8. The van der Waals surface area contributed by atoms with Crippen LogP contribution in [0, 0.1) is 11.6 Å². The zero-order valence-electron chi connectivity index (χ0n) is 17.2. The average Bonchev–Trinajstić information content (AvgIpc) is 3.20. The normalized spacial score (nSPS) is 11.0. The van der Waals surface area contributed by atoms with E-state index in [2.05, 4.69) is 25.3 Å². The lowest BCUT2D eigenvalue weighted by Crippen LogP contribution is -2.15. The molecule has 1 amide bonds. The number of hydrogen-bond acceptors (Lipinski definition) is 4. The highest BCUT2D eigenvalue weighted by molar-refractivity contribution is 6.01. The summed E-state index contributed by atoms with van der Waals surface area (Å²) < 4.78 is 26.9. The van der Waals surface area contributed by atoms with E-state index >= 15 is 0 Å². The molecule has 1 aromatic carbocycles. The molecule has 33 heavy (non-hydrogen) atoms. The standard InChI is InChI=1S/C25H17F2N5O/c26-17-6-4-15(5-7-17)11-22(33)32-21-12-16(8-10-29-21)24-23(19-3-1-2-9-28-19)25-20(31-24)13-18(27)14-30-25/h1-10,12-14,31H,11H2,(H,29,32,33). The van der Waals surface area contributed by atoms with Crippen LogP contribution < -0.4 is 5.32 Å². The summed E-state index contributed by atoms with van der Waals surface area (Å²) in [7, 11) is 0. The van der Waals surface area contributed by atoms with Crippen molar-refractivity contribution in [2.75, 3.05) is 5.32 Å². The van der Waals surface area contributed by atoms with Gasteiger partial charge in [0.2, 0.25) is 5.91 Å². The Hall–Kier alpha value is -4.46. The number of halogens is 2. The first-order chi connectivity index (χ1) is 16.1. The fraction of sp³-hybridized carbons (Fsp3) is 0.0400. The van der Waals surface area contributed by atoms with E-state index in [0.29, 0.717) is 33.8 Å². The SMILES string of the molecule is O=C(Cc1ccc(F)cc1)Nc1cc(-c2[nH]c3cc(F)cnc3c2-c2ccccn2)ccn1. The predicted octanol–water partition coefficient (Wildman–Crippen LogP) is 5.15. The molecule has 0 unspecified atom stereocenters. The van der Waals surface area contributed by atoms with Gasteiger partial charge in [-0.25, -0.2) is 13.8 Å². The van der Waals surface area contributed by atoms with Crippen LogP contribution >= 0.6 is 0 Å². The number of anilines is 1. The van der Waals surface area contributed by atoms with E-state index < -0.39 is 5.82 Å². The third-order valence-electron chi connectivity index (χ3n) is 5.12. The molecule has 0 aliphatic heterocycles. The van der Waals surface area contributed by atoms with Gasteiger partial charge in [0.1, 0.15) is 17.5 Å². The largest absolute Gasteiger partial charge is 0.353 e. The van der Waals surface area contributed by atoms with Gasteiger partial charge in [0, 0.05) is 24.0 Å². The Morgan fingerprint density at radius 1 is 0.909 bits per heavy atom. The molecule has 0 saturated heterocycles. The zero-order valence-corrected chi connectivity index (χ0v) is 17.2. The summed E-state index contributed by atoms with van der Waals surface area (Å²) in [6, 6.07) is 16.2. The quantitative estimate of drug-likeness (QED) is 0.395. The molecule has 5 aromatic rings. The van der Waals surface area contributed by atoms with Gasteiger partial charge < -0.3 is 10.3 Å². The van der Waals surface area contributed by atoms with E-state index in [0.717, 1.165) is 11.1 Å². The van der Waals surface area contributed by atoms with Crippen LogP contribution in [0.3, 0.4) is 0 Å². The van der Waals surface area contributed by atoms with Crippen LogP contribution in [0.2, 0.25) is 0 Å². The van der Waals surface area contributed by atoms with Crippen molar-refractivity contribution in [1.82, 2.24) is 19.9 Å². The van der Waals surface area contributed by atoms with Gasteiger partial charge in [0.05, 0.1) is 40.6 Å². The van der Waals surface area contributed by atoms with Gasteiger partial charge in [-0.1, -0.05) is 18.2 Å². The van der Waals surface area contributed by atoms with Crippen molar-refractivity contribution in [3.8, 4) is 22.5 Å². The lowest BCUT2D eigenvalue weighted by Gasteiger charge is -2.08. The van der Waals surface area contributed by atoms with Crippen LogP contribution in [-0.2, 0) is 11.2 Å². The molecule has 162 valence electrons. The van der Waals surface area contributed by atoms with Gasteiger partial charge in [-0.2, -0.15) is 0 Å². The molecule has 0 atom stereocenters. The van der Waals surface area contributed by atoms with Crippen molar-refractivity contribution in [2.45, 2.75) is 6.42 Å². The van der Waals surface area contributed by atoms with Crippen molar-refractivity contribution in [3.63, 3.8) is 0 Å². The van der Waals surface area contributed by atoms with Crippen LogP contribution in [0.15, 0.2) is 79.3 Å². The summed E-state index contributed by atoms with van der Waals surface area (Å²) in [6.45, 7) is 0. The molecule has 0 spiro atoms. The maximum Gasteiger partial charge on any atom is 0.229 e. The lowest BCUT2D eigenvalue weighted by atomic mass is 10.0. The molecule has 8 heteroatoms. The van der Waals surface area contributed by atoms with Gasteiger partial charge in [-0.15, -0.1) is 0 Å². The molecule has 0 aliphatic carbocycles. The van der Waals surface area contributed by atoms with Gasteiger partial charge in [0.25, 0.3) is 0 Å². The number of pyridine rings is 3. The number of nitrogens with zero attached hydrogens (tertiary/aromatic N) is 3. The fourth-order valence-corrected chi connectivity index (χ4v) is 3.65. The van der Waals surface area contributed by atoms with Gasteiger partial charge in [-0.3, -0.25) is 14.8 Å². The van der Waals surface area contributed by atoms with Crippen molar-refractivity contribution in [2.24, 2.45) is 0 Å². The maximum absolute atomic E-state index is 13.8. The van der Waals surface area contributed by atoms with E-state index in [1.165, 1.54) is 24.4 Å². The second-order valence-corrected chi connectivity index (χ2v) is 7.42. The number of aromatic amines is 1. The Morgan fingerprint density at radius 2 is 1.76 bits per heavy atom. The number of benzene rings is 1. The lowest BCUT2D eigenvalue weighted by molar-refractivity contribution is -0.115. The van der Waals surface area contributed by atoms with Crippen molar-refractivity contribution in [3.05, 3.63) is 96.5 Å². The van der Waals surface area contributed by atoms with Crippen molar-refractivity contribution in [1.29, 1.82) is 0 Å². The first-order valence-electron chi connectivity index (χ1n) is 10.2. The Morgan fingerprint density at radius 3 is 2.55 bits per heavy atom. The second-order valence-electron chi connectivity index (χ2n) is 7.42. The van der Waals surface area contributed by atoms with E-state index in [9.17, 15) is 13.6 Å². The third kappa shape index (κ3) is 4.31. The number of carbonyl (C=O) groups excluding carboxylic acids is 1. The van der Waals surface area contributed by atoms with Gasteiger partial charge in [-0.05, 0) is 42.0 Å². The van der Waals surface area contributed by atoms with E-state index in [-0.39, 0.29) is 18.1 Å². The van der Waals surface area contributed by atoms with Crippen LogP contribution in [0.5, 0.6) is 0 Å². The highest BCUT2D eigenvalue weighted by atomic mass is 19.1. The average molecular weight is 441 g/mol. The fourth-order valence-electron chi connectivity index (χ4n) is 3.65. The topological polar surface area (TPSA) is 83.6 Å². The molecule has 6 nitrogen and oxygen atoms in total. The molecule has 0 aliphatic rings. The number of H-pyrrole nitrogens is 1. The molecule has 4 heterocycles. The third-order valence-corrected chi connectivity index (χ3v) is 5.12. The summed E-state index contributed by atoms with van der Waals surface area (Å²) >= 11 is 0. The molecule has 4 aromatic heterocycles. The highest BCUT2D eigenvalue weighted by Gasteiger charge is 2.18. The van der Waals surface area contributed by atoms with E-state index in [4.69, 9.17) is 0 Å². The summed E-state index contributed by atoms with van der Waals surface area (Å²) in [5, 5.41) is 2.77. The number of rotatable bonds is 5. The number of hydrogen-bond donors (Lipinski definition) is 2. The summed E-state index contributed by atoms with van der Waals surface area (Å²) in [5.41, 5.74) is 4.61. The molecule has 0 bridgehead atoms. The van der Waals surface area contributed by atoms with Gasteiger partial charge in [0.15, 0.2) is 0 Å². The molecule has 0 saturated carbocycles. The number of aromatic nitrogens is 4. The number of carbonyl (C=O) groups is 1. The smallest absolute Gasteiger partial charge is 0.229 e. The Bertz CT molecular complexity index is 1450. The molecular formula is C25H17F2N5O. The molecule has 5 rings (SSSR count). The second kappa shape index (κ2) is 8.58. The molecule has 2 N–H and O–H groups in total. The Balaban J connectivity index is 1.50. The first kappa shape index (κ1) is 20.4. The van der Waals surface area contributed by atoms with Crippen LogP contribution in [0.1, 0.15) is 5.56 Å². The first-order valence-corrected chi connectivity index (χ1v) is 10.2. The summed E-state index contributed by atoms with van der Waals surface area (Å²) in [6.07, 6.45) is 4.50. The monoisotopic (exact) mass is 441 g/mol. The van der Waals surface area contributed by atoms with E-state index in [1.54, 1.807) is 36.7 Å². The molecule has 0 radical (unpaired) electrons. The minimum atomic E-state index is -0.452. The summed E-state index contributed by atoms with van der Waals surface area (Å²) in [5.74, 6) is -0.739. The highest BCUT2D eigenvalue weighted by Crippen LogP contribution is 2.36. The Kier molecular flexibility index (Phi) is 5.32. The zero-order chi connectivity index (χ0) is 22.8. The van der Waals surface area contributed by atoms with Crippen LogP contribution in [-0.4, -0.2) is 25.8 Å². The molecular weight excluding hydrogens is 424 g/mol. The minimum absolute atomic E-state index is 0.0843.